The molecule has 0 heterocycles. The Labute approximate surface area is 179 Å². The Balaban J connectivity index is 1.79. The second-order valence-electron chi connectivity index (χ2n) is 6.39. The van der Waals surface area contributed by atoms with E-state index in [1.807, 2.05) is 30.3 Å². The van der Waals surface area contributed by atoms with Crippen molar-refractivity contribution in [3.63, 3.8) is 0 Å². The van der Waals surface area contributed by atoms with Crippen molar-refractivity contribution in [2.75, 3.05) is 15.9 Å². The highest BCUT2D eigenvalue weighted by molar-refractivity contribution is 7.92. The minimum Gasteiger partial charge on any atom is -0.322 e. The normalized spacial score (nSPS) is 11.1. The number of amides is 1. The third kappa shape index (κ3) is 5.50. The van der Waals surface area contributed by atoms with Crippen LogP contribution in [0.1, 0.15) is 15.9 Å². The van der Waals surface area contributed by atoms with Crippen molar-refractivity contribution >= 4 is 50.5 Å². The van der Waals surface area contributed by atoms with Crippen LogP contribution in [0.15, 0.2) is 72.8 Å². The van der Waals surface area contributed by atoms with Crippen molar-refractivity contribution in [3.8, 4) is 0 Å². The van der Waals surface area contributed by atoms with Gasteiger partial charge >= 0.3 is 0 Å². The van der Waals surface area contributed by atoms with Crippen molar-refractivity contribution in [1.29, 1.82) is 0 Å². The van der Waals surface area contributed by atoms with Gasteiger partial charge in [0.15, 0.2) is 0 Å². The Bertz CT molecular complexity index is 1120. The lowest BCUT2D eigenvalue weighted by Gasteiger charge is -2.22. The number of rotatable bonds is 6. The van der Waals surface area contributed by atoms with Gasteiger partial charge < -0.3 is 5.32 Å². The van der Waals surface area contributed by atoms with Gasteiger partial charge in [-0.05, 0) is 48.0 Å². The standard InChI is InChI=1S/C21H18Cl2N2O3S/c1-29(27,28)25(14-15-5-3-2-4-6-15)18-10-7-16(8-11-18)21(26)24-17-9-12-19(22)20(23)13-17/h2-13H,14H2,1H3,(H,24,26). The Kier molecular flexibility index (Phi) is 6.47. The summed E-state index contributed by atoms with van der Waals surface area (Å²) in [6, 6.07) is 20.4. The predicted molar refractivity (Wildman–Crippen MR) is 118 cm³/mol. The first kappa shape index (κ1) is 21.2. The molecule has 0 atom stereocenters. The number of nitrogens with zero attached hydrogens (tertiary/aromatic N) is 1. The van der Waals surface area contributed by atoms with Gasteiger partial charge in [-0.15, -0.1) is 0 Å². The van der Waals surface area contributed by atoms with E-state index in [4.69, 9.17) is 23.2 Å². The first-order chi connectivity index (χ1) is 13.7. The molecule has 0 saturated carbocycles. The van der Waals surface area contributed by atoms with E-state index in [9.17, 15) is 13.2 Å². The molecule has 0 aliphatic carbocycles. The Morgan fingerprint density at radius 2 is 1.59 bits per heavy atom. The van der Waals surface area contributed by atoms with E-state index < -0.39 is 10.0 Å². The first-order valence-corrected chi connectivity index (χ1v) is 11.2. The monoisotopic (exact) mass is 448 g/mol. The second-order valence-corrected chi connectivity index (χ2v) is 9.11. The molecule has 0 radical (unpaired) electrons. The number of carbonyl (C=O) groups excluding carboxylic acids is 1. The summed E-state index contributed by atoms with van der Waals surface area (Å²) in [5.41, 5.74) is 2.23. The predicted octanol–water partition coefficient (Wildman–Crippen LogP) is 5.21. The molecule has 0 unspecified atom stereocenters. The molecule has 0 aliphatic heterocycles. The molecule has 3 aromatic rings. The van der Waals surface area contributed by atoms with Gasteiger partial charge in [0.25, 0.3) is 5.91 Å². The van der Waals surface area contributed by atoms with E-state index in [2.05, 4.69) is 5.32 Å². The maximum Gasteiger partial charge on any atom is 0.255 e. The van der Waals surface area contributed by atoms with Crippen LogP contribution in [0.3, 0.4) is 0 Å². The summed E-state index contributed by atoms with van der Waals surface area (Å²) in [4.78, 5) is 12.5. The Hall–Kier alpha value is -2.54. The van der Waals surface area contributed by atoms with Gasteiger partial charge in [0.1, 0.15) is 0 Å². The zero-order valence-electron chi connectivity index (χ0n) is 15.5. The van der Waals surface area contributed by atoms with Crippen LogP contribution in [0.25, 0.3) is 0 Å². The Morgan fingerprint density at radius 1 is 0.931 bits per heavy atom. The first-order valence-electron chi connectivity index (χ1n) is 8.62. The van der Waals surface area contributed by atoms with E-state index >= 15 is 0 Å². The molecule has 1 N–H and O–H groups in total. The largest absolute Gasteiger partial charge is 0.322 e. The van der Waals surface area contributed by atoms with E-state index in [1.165, 1.54) is 4.31 Å². The zero-order chi connectivity index (χ0) is 21.0. The molecular formula is C21H18Cl2N2O3S. The highest BCUT2D eigenvalue weighted by Crippen LogP contribution is 2.26. The number of sulfonamides is 1. The minimum absolute atomic E-state index is 0.203. The molecular weight excluding hydrogens is 431 g/mol. The van der Waals surface area contributed by atoms with Crippen LogP contribution in [0.5, 0.6) is 0 Å². The molecule has 0 spiro atoms. The maximum absolute atomic E-state index is 12.5. The quantitative estimate of drug-likeness (QED) is 0.562. The number of anilines is 2. The third-order valence-electron chi connectivity index (χ3n) is 4.16. The number of hydrogen-bond donors (Lipinski definition) is 1. The average molecular weight is 449 g/mol. The van der Waals surface area contributed by atoms with Crippen molar-refractivity contribution in [2.24, 2.45) is 0 Å². The van der Waals surface area contributed by atoms with Crippen molar-refractivity contribution in [2.45, 2.75) is 6.54 Å². The lowest BCUT2D eigenvalue weighted by atomic mass is 10.1. The summed E-state index contributed by atoms with van der Waals surface area (Å²) < 4.78 is 25.9. The summed E-state index contributed by atoms with van der Waals surface area (Å²) in [5, 5.41) is 3.47. The fourth-order valence-electron chi connectivity index (χ4n) is 2.71. The van der Waals surface area contributed by atoms with Gasteiger partial charge in [-0.25, -0.2) is 8.42 Å². The lowest BCUT2D eigenvalue weighted by Crippen LogP contribution is -2.29. The molecule has 0 aliphatic rings. The number of nitrogens with one attached hydrogen (secondary N) is 1. The molecule has 8 heteroatoms. The molecule has 5 nitrogen and oxygen atoms in total. The van der Waals surface area contributed by atoms with E-state index in [0.717, 1.165) is 11.8 Å². The van der Waals surface area contributed by atoms with E-state index in [0.29, 0.717) is 27.0 Å². The molecule has 29 heavy (non-hydrogen) atoms. The van der Waals surface area contributed by atoms with E-state index in [-0.39, 0.29) is 12.5 Å². The van der Waals surface area contributed by atoms with Gasteiger partial charge in [-0.2, -0.15) is 0 Å². The lowest BCUT2D eigenvalue weighted by molar-refractivity contribution is 0.102. The highest BCUT2D eigenvalue weighted by Gasteiger charge is 2.18. The maximum atomic E-state index is 12.5. The van der Waals surface area contributed by atoms with E-state index in [1.54, 1.807) is 42.5 Å². The van der Waals surface area contributed by atoms with Crippen molar-refractivity contribution in [1.82, 2.24) is 0 Å². The van der Waals surface area contributed by atoms with Crippen LogP contribution in [0.4, 0.5) is 11.4 Å². The van der Waals surface area contributed by atoms with Gasteiger partial charge in [0.2, 0.25) is 10.0 Å². The second kappa shape index (κ2) is 8.86. The van der Waals surface area contributed by atoms with Crippen LogP contribution >= 0.6 is 23.2 Å². The molecule has 3 aromatic carbocycles. The molecule has 150 valence electrons. The zero-order valence-corrected chi connectivity index (χ0v) is 17.8. The summed E-state index contributed by atoms with van der Waals surface area (Å²) >= 11 is 11.8. The van der Waals surface area contributed by atoms with Crippen molar-refractivity contribution < 1.29 is 13.2 Å². The molecule has 0 saturated heterocycles. The molecule has 0 aromatic heterocycles. The minimum atomic E-state index is -3.50. The number of halogens is 2. The van der Waals surface area contributed by atoms with Crippen LogP contribution in [0, 0.1) is 0 Å². The average Bonchev–Trinajstić information content (AvgIpc) is 2.69. The highest BCUT2D eigenvalue weighted by atomic mass is 35.5. The summed E-state index contributed by atoms with van der Waals surface area (Å²) in [6.07, 6.45) is 1.15. The van der Waals surface area contributed by atoms with Crippen molar-refractivity contribution in [3.05, 3.63) is 94.0 Å². The third-order valence-corrected chi connectivity index (χ3v) is 6.04. The summed E-state index contributed by atoms with van der Waals surface area (Å²) in [5.74, 6) is -0.344. The summed E-state index contributed by atoms with van der Waals surface area (Å²) in [7, 11) is -3.50. The molecule has 0 bridgehead atoms. The van der Waals surface area contributed by atoms with Gasteiger partial charge in [0, 0.05) is 11.3 Å². The topological polar surface area (TPSA) is 66.5 Å². The fourth-order valence-corrected chi connectivity index (χ4v) is 3.89. The summed E-state index contributed by atoms with van der Waals surface area (Å²) in [6.45, 7) is 0.203. The van der Waals surface area contributed by atoms with Gasteiger partial charge in [0.05, 0.1) is 28.5 Å². The molecule has 1 amide bonds. The molecule has 3 rings (SSSR count). The van der Waals surface area contributed by atoms with Crippen LogP contribution in [-0.2, 0) is 16.6 Å². The molecule has 0 fully saturated rings. The van der Waals surface area contributed by atoms with Gasteiger partial charge in [-0.3, -0.25) is 9.10 Å². The fraction of sp³-hybridized carbons (Fsp3) is 0.0952. The van der Waals surface area contributed by atoms with Gasteiger partial charge in [-0.1, -0.05) is 53.5 Å². The van der Waals surface area contributed by atoms with Crippen LogP contribution < -0.4 is 9.62 Å². The number of carbonyl (C=O) groups is 1. The Morgan fingerprint density at radius 3 is 2.17 bits per heavy atom. The smallest absolute Gasteiger partial charge is 0.255 e. The number of benzene rings is 3. The number of hydrogen-bond acceptors (Lipinski definition) is 3. The van der Waals surface area contributed by atoms with Crippen LogP contribution in [-0.4, -0.2) is 20.6 Å². The SMILES string of the molecule is CS(=O)(=O)N(Cc1ccccc1)c1ccc(C(=O)Nc2ccc(Cl)c(Cl)c2)cc1. The van der Waals surface area contributed by atoms with Crippen LogP contribution in [0.2, 0.25) is 10.0 Å².